The summed E-state index contributed by atoms with van der Waals surface area (Å²) in [6, 6.07) is 20.2. The summed E-state index contributed by atoms with van der Waals surface area (Å²) in [6.45, 7) is 1.15. The number of nitrogens with one attached hydrogen (secondary N) is 1. The van der Waals surface area contributed by atoms with Gasteiger partial charge in [0, 0.05) is 22.7 Å². The first-order valence-corrected chi connectivity index (χ1v) is 9.44. The van der Waals surface area contributed by atoms with Crippen LogP contribution in [0.25, 0.3) is 0 Å². The summed E-state index contributed by atoms with van der Waals surface area (Å²) in [6.07, 6.45) is 5.68. The number of hydrogen-bond acceptors (Lipinski definition) is 2. The molecule has 3 atom stereocenters. The van der Waals surface area contributed by atoms with Gasteiger partial charge in [0.2, 0.25) is 0 Å². The molecule has 2 aromatic rings. The highest BCUT2D eigenvalue weighted by Crippen LogP contribution is 2.37. The summed E-state index contributed by atoms with van der Waals surface area (Å²) in [5, 5.41) is 3.95. The van der Waals surface area contributed by atoms with Crippen LogP contribution in [0.4, 0.5) is 5.69 Å². The zero-order valence-corrected chi connectivity index (χ0v) is 14.9. The summed E-state index contributed by atoms with van der Waals surface area (Å²) in [4.78, 5) is 2.55. The molecule has 1 saturated carbocycles. The topological polar surface area (TPSA) is 15.3 Å². The van der Waals surface area contributed by atoms with E-state index in [1.807, 2.05) is 0 Å². The minimum absolute atomic E-state index is 0.259. The van der Waals surface area contributed by atoms with Crippen molar-refractivity contribution >= 4 is 21.6 Å². The van der Waals surface area contributed by atoms with Crippen molar-refractivity contribution in [3.63, 3.8) is 0 Å². The van der Waals surface area contributed by atoms with Gasteiger partial charge in [-0.2, -0.15) is 0 Å². The highest BCUT2D eigenvalue weighted by Gasteiger charge is 2.36. The molecule has 4 rings (SSSR count). The molecular weight excluding hydrogens is 348 g/mol. The van der Waals surface area contributed by atoms with Crippen molar-refractivity contribution < 1.29 is 0 Å². The Morgan fingerprint density at radius 2 is 1.78 bits per heavy atom. The highest BCUT2D eigenvalue weighted by atomic mass is 79.9. The Labute approximate surface area is 147 Å². The monoisotopic (exact) mass is 370 g/mol. The lowest BCUT2D eigenvalue weighted by molar-refractivity contribution is 0.198. The van der Waals surface area contributed by atoms with Gasteiger partial charge in [-0.05, 0) is 48.6 Å². The second kappa shape index (κ2) is 6.66. The standard InChI is InChI=1S/C20H23BrN2/c21-17-9-6-8-15(13-17)20-22-19-12-5-4-7-16(19)14-23(20)18-10-2-1-3-11-18/h1-3,6,8-11,13,16,19-20,22H,4-5,7,12,14H2/t16-,19+,20-/m0/s1. The third-order valence-electron chi connectivity index (χ3n) is 5.28. The van der Waals surface area contributed by atoms with Crippen LogP contribution in [0.2, 0.25) is 0 Å². The summed E-state index contributed by atoms with van der Waals surface area (Å²) in [5.74, 6) is 0.771. The lowest BCUT2D eigenvalue weighted by atomic mass is 9.81. The van der Waals surface area contributed by atoms with Gasteiger partial charge >= 0.3 is 0 Å². The molecule has 2 aromatic carbocycles. The molecule has 0 unspecified atom stereocenters. The molecule has 1 aliphatic carbocycles. The fraction of sp³-hybridized carbons (Fsp3) is 0.400. The normalized spacial score (nSPS) is 27.5. The molecule has 1 aliphatic heterocycles. The fourth-order valence-corrected chi connectivity index (χ4v) is 4.54. The van der Waals surface area contributed by atoms with E-state index in [9.17, 15) is 0 Å². The summed E-state index contributed by atoms with van der Waals surface area (Å²) in [5.41, 5.74) is 2.65. The van der Waals surface area contributed by atoms with Crippen molar-refractivity contribution in [3.05, 3.63) is 64.6 Å². The van der Waals surface area contributed by atoms with E-state index in [2.05, 4.69) is 80.7 Å². The molecule has 0 aromatic heterocycles. The predicted octanol–water partition coefficient (Wildman–Crippen LogP) is 5.12. The number of fused-ring (bicyclic) bond motifs is 1. The van der Waals surface area contributed by atoms with Crippen molar-refractivity contribution in [3.8, 4) is 0 Å². The molecule has 1 saturated heterocycles. The van der Waals surface area contributed by atoms with Crippen molar-refractivity contribution in [1.29, 1.82) is 0 Å². The van der Waals surface area contributed by atoms with Gasteiger partial charge < -0.3 is 4.90 Å². The minimum atomic E-state index is 0.259. The van der Waals surface area contributed by atoms with Crippen molar-refractivity contribution in [2.75, 3.05) is 11.4 Å². The van der Waals surface area contributed by atoms with E-state index in [-0.39, 0.29) is 6.17 Å². The maximum absolute atomic E-state index is 3.95. The largest absolute Gasteiger partial charge is 0.352 e. The molecular formula is C20H23BrN2. The van der Waals surface area contributed by atoms with Crippen LogP contribution in [0, 0.1) is 5.92 Å². The lowest BCUT2D eigenvalue weighted by Crippen LogP contribution is -2.56. The maximum atomic E-state index is 3.95. The van der Waals surface area contributed by atoms with Gasteiger partial charge in [-0.25, -0.2) is 0 Å². The van der Waals surface area contributed by atoms with Crippen LogP contribution in [0.1, 0.15) is 37.4 Å². The smallest absolute Gasteiger partial charge is 0.106 e. The molecule has 0 amide bonds. The first-order valence-electron chi connectivity index (χ1n) is 8.64. The van der Waals surface area contributed by atoms with Crippen molar-refractivity contribution in [1.82, 2.24) is 5.32 Å². The van der Waals surface area contributed by atoms with Crippen LogP contribution < -0.4 is 10.2 Å². The third-order valence-corrected chi connectivity index (χ3v) is 5.77. The first-order chi connectivity index (χ1) is 11.3. The lowest BCUT2D eigenvalue weighted by Gasteiger charge is -2.48. The average molecular weight is 371 g/mol. The van der Waals surface area contributed by atoms with E-state index in [1.165, 1.54) is 36.9 Å². The average Bonchev–Trinajstić information content (AvgIpc) is 2.61. The van der Waals surface area contributed by atoms with E-state index in [0.29, 0.717) is 6.04 Å². The van der Waals surface area contributed by atoms with Crippen LogP contribution in [0.3, 0.4) is 0 Å². The van der Waals surface area contributed by atoms with Gasteiger partial charge in [-0.3, -0.25) is 5.32 Å². The Morgan fingerprint density at radius 1 is 0.957 bits per heavy atom. The molecule has 2 fully saturated rings. The molecule has 1 heterocycles. The molecule has 0 bridgehead atoms. The van der Waals surface area contributed by atoms with Crippen LogP contribution in [0.5, 0.6) is 0 Å². The van der Waals surface area contributed by atoms with Crippen molar-refractivity contribution in [2.45, 2.75) is 37.9 Å². The number of para-hydroxylation sites is 1. The Hall–Kier alpha value is -1.32. The number of anilines is 1. The van der Waals surface area contributed by atoms with E-state index < -0.39 is 0 Å². The number of nitrogens with zero attached hydrogens (tertiary/aromatic N) is 1. The summed E-state index contributed by atoms with van der Waals surface area (Å²) in [7, 11) is 0. The molecule has 2 nitrogen and oxygen atoms in total. The van der Waals surface area contributed by atoms with E-state index in [4.69, 9.17) is 0 Å². The van der Waals surface area contributed by atoms with Crippen LogP contribution in [-0.2, 0) is 0 Å². The molecule has 1 N–H and O–H groups in total. The molecule has 3 heteroatoms. The number of rotatable bonds is 2. The Morgan fingerprint density at radius 3 is 2.61 bits per heavy atom. The first kappa shape index (κ1) is 15.2. The number of benzene rings is 2. The van der Waals surface area contributed by atoms with Gasteiger partial charge in [0.25, 0.3) is 0 Å². The Balaban J connectivity index is 1.70. The Kier molecular flexibility index (Phi) is 4.41. The second-order valence-corrected chi connectivity index (χ2v) is 7.68. The van der Waals surface area contributed by atoms with Gasteiger partial charge in [0.15, 0.2) is 0 Å². The Bertz CT molecular complexity index is 658. The number of hydrogen-bond donors (Lipinski definition) is 1. The van der Waals surface area contributed by atoms with Gasteiger partial charge in [0.05, 0.1) is 0 Å². The molecule has 120 valence electrons. The zero-order valence-electron chi connectivity index (χ0n) is 13.3. The van der Waals surface area contributed by atoms with E-state index >= 15 is 0 Å². The predicted molar refractivity (Wildman–Crippen MR) is 99.6 cm³/mol. The van der Waals surface area contributed by atoms with Crippen LogP contribution >= 0.6 is 15.9 Å². The van der Waals surface area contributed by atoms with Crippen LogP contribution in [-0.4, -0.2) is 12.6 Å². The van der Waals surface area contributed by atoms with E-state index in [1.54, 1.807) is 0 Å². The van der Waals surface area contributed by atoms with E-state index in [0.717, 1.165) is 16.9 Å². The third kappa shape index (κ3) is 3.17. The van der Waals surface area contributed by atoms with Crippen LogP contribution in [0.15, 0.2) is 59.1 Å². The summed E-state index contributed by atoms with van der Waals surface area (Å²) >= 11 is 3.63. The van der Waals surface area contributed by atoms with Gasteiger partial charge in [-0.15, -0.1) is 0 Å². The summed E-state index contributed by atoms with van der Waals surface area (Å²) < 4.78 is 1.15. The molecule has 0 spiro atoms. The van der Waals surface area contributed by atoms with Gasteiger partial charge in [0.1, 0.15) is 6.17 Å². The second-order valence-electron chi connectivity index (χ2n) is 6.76. The minimum Gasteiger partial charge on any atom is -0.352 e. The fourth-order valence-electron chi connectivity index (χ4n) is 4.12. The quantitative estimate of drug-likeness (QED) is 0.789. The number of halogens is 1. The van der Waals surface area contributed by atoms with Gasteiger partial charge in [-0.1, -0.05) is 59.1 Å². The molecule has 2 aliphatic rings. The SMILES string of the molecule is Brc1cccc([C@H]2N[C@@H]3CCCC[C@H]3CN2c2ccccc2)c1. The highest BCUT2D eigenvalue weighted by molar-refractivity contribution is 9.10. The molecule has 23 heavy (non-hydrogen) atoms. The zero-order chi connectivity index (χ0) is 15.6. The molecule has 0 radical (unpaired) electrons. The van der Waals surface area contributed by atoms with Crippen molar-refractivity contribution in [2.24, 2.45) is 5.92 Å². The maximum Gasteiger partial charge on any atom is 0.106 e.